The molecule has 3 nitrogen and oxygen atoms in total. The number of carbonyl (C=O) groups excluding carboxylic acids is 1. The number of allylic oxidation sites excluding steroid dienone is 6. The van der Waals surface area contributed by atoms with Crippen molar-refractivity contribution in [3.63, 3.8) is 0 Å². The lowest BCUT2D eigenvalue weighted by Gasteiger charge is -2.23. The van der Waals surface area contributed by atoms with Gasteiger partial charge in [-0.05, 0) is 43.2 Å². The van der Waals surface area contributed by atoms with E-state index in [0.29, 0.717) is 6.04 Å². The molecule has 1 heterocycles. The summed E-state index contributed by atoms with van der Waals surface area (Å²) in [6.45, 7) is 2.00. The average Bonchev–Trinajstić information content (AvgIpc) is 2.91. The second-order valence-corrected chi connectivity index (χ2v) is 4.64. The first kappa shape index (κ1) is 10.5. The van der Waals surface area contributed by atoms with Gasteiger partial charge in [0, 0.05) is 11.6 Å². The number of nitrogens with one attached hydrogen (secondary N) is 2. The molecule has 3 rings (SSSR count). The van der Waals surface area contributed by atoms with Crippen LogP contribution in [0.1, 0.15) is 12.8 Å². The minimum Gasteiger partial charge on any atom is -0.349 e. The lowest BCUT2D eigenvalue weighted by atomic mass is 10.0. The van der Waals surface area contributed by atoms with Crippen LogP contribution in [-0.4, -0.2) is 25.0 Å². The Morgan fingerprint density at radius 2 is 2.06 bits per heavy atom. The molecule has 3 aliphatic rings. The van der Waals surface area contributed by atoms with Crippen molar-refractivity contribution in [2.24, 2.45) is 0 Å². The van der Waals surface area contributed by atoms with Gasteiger partial charge in [0.15, 0.2) is 0 Å². The van der Waals surface area contributed by atoms with Crippen LogP contribution in [0.25, 0.3) is 0 Å². The van der Waals surface area contributed by atoms with Crippen molar-refractivity contribution in [3.05, 3.63) is 47.1 Å². The Morgan fingerprint density at radius 3 is 2.88 bits per heavy atom. The van der Waals surface area contributed by atoms with Gasteiger partial charge < -0.3 is 10.6 Å². The molecule has 17 heavy (non-hydrogen) atoms. The highest BCUT2D eigenvalue weighted by atomic mass is 16.1. The molecule has 88 valence electrons. The van der Waals surface area contributed by atoms with Crippen LogP contribution in [0.15, 0.2) is 47.1 Å². The van der Waals surface area contributed by atoms with Crippen molar-refractivity contribution in [1.82, 2.24) is 10.6 Å². The van der Waals surface area contributed by atoms with Crippen molar-refractivity contribution in [1.29, 1.82) is 0 Å². The van der Waals surface area contributed by atoms with E-state index in [2.05, 4.69) is 10.6 Å². The summed E-state index contributed by atoms with van der Waals surface area (Å²) in [5.41, 5.74) is 3.03. The Labute approximate surface area is 101 Å². The summed E-state index contributed by atoms with van der Waals surface area (Å²) in [7, 11) is 0. The first-order valence-corrected chi connectivity index (χ1v) is 6.17. The molecule has 3 heteroatoms. The minimum atomic E-state index is 0.0677. The van der Waals surface area contributed by atoms with Crippen LogP contribution in [0.5, 0.6) is 0 Å². The van der Waals surface area contributed by atoms with Gasteiger partial charge in [-0.1, -0.05) is 24.3 Å². The van der Waals surface area contributed by atoms with Gasteiger partial charge in [-0.15, -0.1) is 0 Å². The maximum absolute atomic E-state index is 12.2. The molecule has 0 radical (unpaired) electrons. The normalized spacial score (nSPS) is 22.9. The van der Waals surface area contributed by atoms with Crippen LogP contribution in [0, 0.1) is 0 Å². The number of fused-ring (bicyclic) bond motifs is 1. The Morgan fingerprint density at radius 1 is 1.24 bits per heavy atom. The SMILES string of the molecule is O=C(NC1CCNCC1)C1=C2C=CC=C2C=C1. The number of piperidine rings is 1. The molecular weight excluding hydrogens is 212 g/mol. The van der Waals surface area contributed by atoms with Crippen LogP contribution in [-0.2, 0) is 4.79 Å². The quantitative estimate of drug-likeness (QED) is 0.746. The van der Waals surface area contributed by atoms with E-state index >= 15 is 0 Å². The summed E-state index contributed by atoms with van der Waals surface area (Å²) in [6, 6.07) is 0.323. The molecule has 0 spiro atoms. The van der Waals surface area contributed by atoms with Crippen LogP contribution in [0.2, 0.25) is 0 Å². The number of rotatable bonds is 2. The molecular formula is C14H16N2O. The molecule has 1 amide bonds. The first-order chi connectivity index (χ1) is 8.34. The van der Waals surface area contributed by atoms with Crippen molar-refractivity contribution >= 4 is 5.91 Å². The fourth-order valence-electron chi connectivity index (χ4n) is 2.51. The summed E-state index contributed by atoms with van der Waals surface area (Å²) in [4.78, 5) is 12.2. The molecule has 0 aromatic carbocycles. The van der Waals surface area contributed by atoms with Gasteiger partial charge >= 0.3 is 0 Å². The second-order valence-electron chi connectivity index (χ2n) is 4.64. The van der Waals surface area contributed by atoms with E-state index in [0.717, 1.165) is 42.7 Å². The minimum absolute atomic E-state index is 0.0677. The van der Waals surface area contributed by atoms with Crippen LogP contribution < -0.4 is 10.6 Å². The van der Waals surface area contributed by atoms with Crippen molar-refractivity contribution in [2.75, 3.05) is 13.1 Å². The highest BCUT2D eigenvalue weighted by molar-refractivity contribution is 6.00. The zero-order valence-corrected chi connectivity index (χ0v) is 9.70. The smallest absolute Gasteiger partial charge is 0.252 e. The molecule has 0 atom stereocenters. The fraction of sp³-hybridized carbons (Fsp3) is 0.357. The maximum Gasteiger partial charge on any atom is 0.252 e. The summed E-state index contributed by atoms with van der Waals surface area (Å²) in [5.74, 6) is 0.0677. The zero-order valence-electron chi connectivity index (χ0n) is 9.70. The number of carbonyl (C=O) groups is 1. The standard InChI is InChI=1S/C14H16N2O/c17-14(16-11-6-8-15-9-7-11)13-5-4-10-2-1-3-12(10)13/h1-5,11,15H,6-9H2,(H,16,17). The van der Waals surface area contributed by atoms with Gasteiger partial charge in [0.2, 0.25) is 0 Å². The van der Waals surface area contributed by atoms with Gasteiger partial charge in [-0.3, -0.25) is 4.79 Å². The molecule has 1 aliphatic heterocycles. The lowest BCUT2D eigenvalue weighted by Crippen LogP contribution is -2.43. The van der Waals surface area contributed by atoms with Gasteiger partial charge in [0.25, 0.3) is 5.91 Å². The van der Waals surface area contributed by atoms with E-state index < -0.39 is 0 Å². The van der Waals surface area contributed by atoms with E-state index in [1.807, 2.05) is 30.4 Å². The van der Waals surface area contributed by atoms with E-state index in [1.165, 1.54) is 0 Å². The molecule has 0 saturated carbocycles. The van der Waals surface area contributed by atoms with Gasteiger partial charge in [-0.2, -0.15) is 0 Å². The van der Waals surface area contributed by atoms with Crippen LogP contribution in [0.4, 0.5) is 0 Å². The molecule has 0 aromatic heterocycles. The number of hydrogen-bond donors (Lipinski definition) is 2. The Kier molecular flexibility index (Phi) is 2.69. The molecule has 1 fully saturated rings. The fourth-order valence-corrected chi connectivity index (χ4v) is 2.51. The Bertz CT molecular complexity index is 463. The zero-order chi connectivity index (χ0) is 11.7. The molecule has 2 aliphatic carbocycles. The topological polar surface area (TPSA) is 41.1 Å². The van der Waals surface area contributed by atoms with Crippen molar-refractivity contribution < 1.29 is 4.79 Å². The summed E-state index contributed by atoms with van der Waals surface area (Å²) >= 11 is 0. The molecule has 1 saturated heterocycles. The van der Waals surface area contributed by atoms with Crippen LogP contribution in [0.3, 0.4) is 0 Å². The van der Waals surface area contributed by atoms with E-state index in [1.54, 1.807) is 0 Å². The Balaban J connectivity index is 1.71. The first-order valence-electron chi connectivity index (χ1n) is 6.17. The van der Waals surface area contributed by atoms with Crippen molar-refractivity contribution in [3.8, 4) is 0 Å². The average molecular weight is 228 g/mol. The molecule has 0 aromatic rings. The van der Waals surface area contributed by atoms with Crippen LogP contribution >= 0.6 is 0 Å². The summed E-state index contributed by atoms with van der Waals surface area (Å²) < 4.78 is 0. The number of hydrogen-bond acceptors (Lipinski definition) is 2. The largest absolute Gasteiger partial charge is 0.349 e. The third-order valence-corrected chi connectivity index (χ3v) is 3.49. The third kappa shape index (κ3) is 1.98. The highest BCUT2D eigenvalue weighted by Gasteiger charge is 2.22. The maximum atomic E-state index is 12.2. The monoisotopic (exact) mass is 228 g/mol. The predicted octanol–water partition coefficient (Wildman–Crippen LogP) is 1.22. The highest BCUT2D eigenvalue weighted by Crippen LogP contribution is 2.29. The number of amides is 1. The second kappa shape index (κ2) is 4.34. The molecule has 2 N–H and O–H groups in total. The van der Waals surface area contributed by atoms with Gasteiger partial charge in [0.1, 0.15) is 0 Å². The van der Waals surface area contributed by atoms with Gasteiger partial charge in [-0.25, -0.2) is 0 Å². The van der Waals surface area contributed by atoms with Gasteiger partial charge in [0.05, 0.1) is 0 Å². The molecule has 0 unspecified atom stereocenters. The van der Waals surface area contributed by atoms with E-state index in [-0.39, 0.29) is 5.91 Å². The summed E-state index contributed by atoms with van der Waals surface area (Å²) in [5, 5.41) is 6.42. The van der Waals surface area contributed by atoms with Crippen molar-refractivity contribution in [2.45, 2.75) is 18.9 Å². The third-order valence-electron chi connectivity index (χ3n) is 3.49. The predicted molar refractivity (Wildman–Crippen MR) is 67.4 cm³/mol. The Hall–Kier alpha value is -1.61. The molecule has 0 bridgehead atoms. The van der Waals surface area contributed by atoms with E-state index in [9.17, 15) is 4.79 Å². The summed E-state index contributed by atoms with van der Waals surface area (Å²) in [6.07, 6.45) is 12.0. The lowest BCUT2D eigenvalue weighted by molar-refractivity contribution is -0.118. The van der Waals surface area contributed by atoms with E-state index in [4.69, 9.17) is 0 Å².